The normalized spacial score (nSPS) is 18.5. The summed E-state index contributed by atoms with van der Waals surface area (Å²) in [6, 6.07) is 2.91. The highest BCUT2D eigenvalue weighted by Gasteiger charge is 2.29. The number of anilines is 1. The minimum Gasteiger partial charge on any atom is -0.363 e. The monoisotopic (exact) mass is 328 g/mol. The maximum Gasteiger partial charge on any atom is 0.132 e. The average Bonchev–Trinajstić information content (AvgIpc) is 3.16. The zero-order valence-electron chi connectivity index (χ0n) is 15.4. The summed E-state index contributed by atoms with van der Waals surface area (Å²) < 4.78 is 2.26. The fourth-order valence-corrected chi connectivity index (χ4v) is 3.44. The molecule has 3 heterocycles. The third-order valence-corrected chi connectivity index (χ3v) is 4.66. The minimum absolute atomic E-state index is 0.350. The van der Waals surface area contributed by atoms with Crippen LogP contribution in [0.2, 0.25) is 0 Å². The van der Waals surface area contributed by atoms with Gasteiger partial charge in [-0.1, -0.05) is 0 Å². The van der Waals surface area contributed by atoms with E-state index in [1.165, 1.54) is 6.42 Å². The van der Waals surface area contributed by atoms with E-state index < -0.39 is 0 Å². The quantitative estimate of drug-likeness (QED) is 0.844. The second kappa shape index (κ2) is 6.89. The Morgan fingerprint density at radius 3 is 2.79 bits per heavy atom. The smallest absolute Gasteiger partial charge is 0.132 e. The molecule has 24 heavy (non-hydrogen) atoms. The predicted molar refractivity (Wildman–Crippen MR) is 96.1 cm³/mol. The van der Waals surface area contributed by atoms with Crippen LogP contribution >= 0.6 is 0 Å². The van der Waals surface area contributed by atoms with Crippen molar-refractivity contribution < 1.29 is 0 Å². The standard InChI is InChI=1S/C18H28N6/c1-13(2)24-10-8-19-18(24)12-23-9-6-7-16(23)15-11-17(22(4)5)21-14(3)20-15/h8,10-11,13,16H,6-7,9,12H2,1-5H3/t16-/m1/s1. The largest absolute Gasteiger partial charge is 0.363 e. The van der Waals surface area contributed by atoms with E-state index in [9.17, 15) is 0 Å². The molecular formula is C18H28N6. The molecule has 6 heteroatoms. The number of hydrogen-bond donors (Lipinski definition) is 0. The van der Waals surface area contributed by atoms with Crippen molar-refractivity contribution >= 4 is 5.82 Å². The van der Waals surface area contributed by atoms with Crippen LogP contribution in [0.4, 0.5) is 5.82 Å². The van der Waals surface area contributed by atoms with Crippen LogP contribution in [0.5, 0.6) is 0 Å². The maximum absolute atomic E-state index is 4.73. The molecule has 2 aromatic heterocycles. The van der Waals surface area contributed by atoms with Crippen molar-refractivity contribution in [3.05, 3.63) is 35.8 Å². The molecule has 0 spiro atoms. The molecule has 0 bridgehead atoms. The van der Waals surface area contributed by atoms with E-state index in [-0.39, 0.29) is 0 Å². The molecule has 1 aliphatic rings. The van der Waals surface area contributed by atoms with Crippen molar-refractivity contribution in [1.82, 2.24) is 24.4 Å². The van der Waals surface area contributed by atoms with E-state index in [0.717, 1.165) is 42.7 Å². The Labute approximate surface area is 144 Å². The fourth-order valence-electron chi connectivity index (χ4n) is 3.44. The van der Waals surface area contributed by atoms with Gasteiger partial charge in [-0.25, -0.2) is 15.0 Å². The van der Waals surface area contributed by atoms with Crippen molar-refractivity contribution in [1.29, 1.82) is 0 Å². The van der Waals surface area contributed by atoms with E-state index >= 15 is 0 Å². The first-order valence-electron chi connectivity index (χ1n) is 8.74. The first-order chi connectivity index (χ1) is 11.5. The van der Waals surface area contributed by atoms with Gasteiger partial charge in [-0.05, 0) is 40.2 Å². The van der Waals surface area contributed by atoms with E-state index in [4.69, 9.17) is 4.98 Å². The lowest BCUT2D eigenvalue weighted by molar-refractivity contribution is 0.233. The van der Waals surface area contributed by atoms with E-state index in [1.54, 1.807) is 0 Å². The van der Waals surface area contributed by atoms with Crippen LogP contribution in [0.1, 0.15) is 56.1 Å². The molecule has 0 amide bonds. The Morgan fingerprint density at radius 2 is 2.08 bits per heavy atom. The van der Waals surface area contributed by atoms with Crippen molar-refractivity contribution in [2.45, 2.75) is 52.2 Å². The second-order valence-corrected chi connectivity index (χ2v) is 7.07. The van der Waals surface area contributed by atoms with Gasteiger partial charge in [0.25, 0.3) is 0 Å². The Bertz CT molecular complexity index is 691. The summed E-state index contributed by atoms with van der Waals surface area (Å²) in [7, 11) is 4.05. The molecule has 6 nitrogen and oxygen atoms in total. The van der Waals surface area contributed by atoms with Crippen LogP contribution in [-0.2, 0) is 6.54 Å². The van der Waals surface area contributed by atoms with Crippen LogP contribution in [0.15, 0.2) is 18.5 Å². The van der Waals surface area contributed by atoms with E-state index in [1.807, 2.05) is 32.1 Å². The van der Waals surface area contributed by atoms with Gasteiger partial charge in [0.05, 0.1) is 18.3 Å². The molecule has 130 valence electrons. The number of aryl methyl sites for hydroxylation is 1. The van der Waals surface area contributed by atoms with Crippen LogP contribution in [-0.4, -0.2) is 45.1 Å². The molecule has 0 radical (unpaired) electrons. The summed E-state index contributed by atoms with van der Waals surface area (Å²) in [5.41, 5.74) is 1.13. The lowest BCUT2D eigenvalue weighted by Gasteiger charge is -2.25. The molecule has 0 aromatic carbocycles. The van der Waals surface area contributed by atoms with Gasteiger partial charge in [-0.2, -0.15) is 0 Å². The number of aromatic nitrogens is 4. The fraction of sp³-hybridized carbons (Fsp3) is 0.611. The lowest BCUT2D eigenvalue weighted by atomic mass is 10.1. The summed E-state index contributed by atoms with van der Waals surface area (Å²) in [6.45, 7) is 8.33. The Morgan fingerprint density at radius 1 is 1.29 bits per heavy atom. The van der Waals surface area contributed by atoms with Gasteiger partial charge in [0, 0.05) is 38.6 Å². The summed E-state index contributed by atoms with van der Waals surface area (Å²) in [4.78, 5) is 18.4. The zero-order chi connectivity index (χ0) is 17.3. The zero-order valence-corrected chi connectivity index (χ0v) is 15.4. The molecule has 0 aliphatic carbocycles. The molecule has 1 fully saturated rings. The highest BCUT2D eigenvalue weighted by molar-refractivity contribution is 5.38. The highest BCUT2D eigenvalue weighted by Crippen LogP contribution is 2.33. The number of rotatable bonds is 5. The molecule has 1 saturated heterocycles. The molecule has 2 aromatic rings. The van der Waals surface area contributed by atoms with E-state index in [2.05, 4.69) is 45.5 Å². The van der Waals surface area contributed by atoms with Crippen LogP contribution < -0.4 is 4.90 Å². The minimum atomic E-state index is 0.350. The number of nitrogens with zero attached hydrogens (tertiary/aromatic N) is 6. The van der Waals surface area contributed by atoms with Crippen molar-refractivity contribution in [2.24, 2.45) is 0 Å². The number of likely N-dealkylation sites (tertiary alicyclic amines) is 1. The van der Waals surface area contributed by atoms with Gasteiger partial charge in [0.15, 0.2) is 0 Å². The molecule has 0 unspecified atom stereocenters. The van der Waals surface area contributed by atoms with Gasteiger partial charge < -0.3 is 9.47 Å². The van der Waals surface area contributed by atoms with Crippen molar-refractivity contribution in [3.63, 3.8) is 0 Å². The van der Waals surface area contributed by atoms with Gasteiger partial charge in [0.1, 0.15) is 17.5 Å². The molecule has 0 saturated carbocycles. The van der Waals surface area contributed by atoms with Crippen LogP contribution in [0, 0.1) is 6.92 Å². The topological polar surface area (TPSA) is 50.1 Å². The molecule has 3 rings (SSSR count). The summed E-state index contributed by atoms with van der Waals surface area (Å²) in [5, 5.41) is 0. The second-order valence-electron chi connectivity index (χ2n) is 7.07. The summed E-state index contributed by atoms with van der Waals surface area (Å²) in [5.74, 6) is 2.95. The number of imidazole rings is 1. The van der Waals surface area contributed by atoms with Crippen molar-refractivity contribution in [2.75, 3.05) is 25.5 Å². The molecular weight excluding hydrogens is 300 g/mol. The molecule has 0 N–H and O–H groups in total. The Hall–Kier alpha value is -1.95. The average molecular weight is 328 g/mol. The maximum atomic E-state index is 4.73. The lowest BCUT2D eigenvalue weighted by Crippen LogP contribution is -2.26. The molecule has 1 aliphatic heterocycles. The SMILES string of the molecule is Cc1nc([C@H]2CCCN2Cc2nccn2C(C)C)cc(N(C)C)n1. The first-order valence-corrected chi connectivity index (χ1v) is 8.74. The third kappa shape index (κ3) is 3.43. The van der Waals surface area contributed by atoms with Gasteiger partial charge in [-0.3, -0.25) is 4.90 Å². The summed E-state index contributed by atoms with van der Waals surface area (Å²) >= 11 is 0. The van der Waals surface area contributed by atoms with E-state index in [0.29, 0.717) is 12.1 Å². The Balaban J connectivity index is 1.84. The van der Waals surface area contributed by atoms with Gasteiger partial charge in [-0.15, -0.1) is 0 Å². The third-order valence-electron chi connectivity index (χ3n) is 4.66. The van der Waals surface area contributed by atoms with Crippen LogP contribution in [0.3, 0.4) is 0 Å². The predicted octanol–water partition coefficient (Wildman–Crippen LogP) is 2.97. The van der Waals surface area contributed by atoms with Crippen LogP contribution in [0.25, 0.3) is 0 Å². The Kier molecular flexibility index (Phi) is 4.85. The first kappa shape index (κ1) is 16.9. The number of hydrogen-bond acceptors (Lipinski definition) is 5. The summed E-state index contributed by atoms with van der Waals surface area (Å²) in [6.07, 6.45) is 6.32. The van der Waals surface area contributed by atoms with Crippen molar-refractivity contribution in [3.8, 4) is 0 Å². The van der Waals surface area contributed by atoms with Gasteiger partial charge >= 0.3 is 0 Å². The van der Waals surface area contributed by atoms with Gasteiger partial charge in [0.2, 0.25) is 0 Å². The molecule has 1 atom stereocenters. The highest BCUT2D eigenvalue weighted by atomic mass is 15.2.